The molecule has 6 heteroatoms. The average molecular weight is 459 g/mol. The lowest BCUT2D eigenvalue weighted by atomic mass is 9.95. The van der Waals surface area contributed by atoms with Crippen molar-refractivity contribution in [2.24, 2.45) is 5.92 Å². The number of anilines is 1. The van der Waals surface area contributed by atoms with Gasteiger partial charge in [-0.1, -0.05) is 53.8 Å². The van der Waals surface area contributed by atoms with Crippen molar-refractivity contribution in [2.75, 3.05) is 19.0 Å². The Kier molecular flexibility index (Phi) is 7.66. The Hall–Kier alpha value is -2.19. The molecule has 156 valence electrons. The van der Waals surface area contributed by atoms with Crippen LogP contribution in [-0.2, 0) is 0 Å². The fourth-order valence-electron chi connectivity index (χ4n) is 3.38. The van der Waals surface area contributed by atoms with Crippen molar-refractivity contribution in [1.82, 2.24) is 4.98 Å². The van der Waals surface area contributed by atoms with Crippen molar-refractivity contribution in [3.63, 3.8) is 0 Å². The molecule has 0 aliphatic heterocycles. The molecule has 0 saturated heterocycles. The summed E-state index contributed by atoms with van der Waals surface area (Å²) in [5, 5.41) is 4.85. The van der Waals surface area contributed by atoms with E-state index in [9.17, 15) is 0 Å². The highest BCUT2D eigenvalue weighted by molar-refractivity contribution is 7.16. The second-order valence-corrected chi connectivity index (χ2v) is 8.78. The molecule has 1 aliphatic rings. The van der Waals surface area contributed by atoms with Gasteiger partial charge in [0, 0.05) is 16.4 Å². The second-order valence-electron chi connectivity index (χ2n) is 7.17. The third-order valence-corrected chi connectivity index (χ3v) is 6.31. The standard InChI is InChI=1S/C24H23ClN2OS.ClH/c1-16-23(21-13-12-19(28-2)15-22(21)25)27-24(29-16)26-14-6-9-20(18-10-11-18)17-7-4-3-5-8-17;/h3-5,7-8,12-13,15,18,20H,10-11,14H2,1-2H3,(H,26,27);1H. The fourth-order valence-corrected chi connectivity index (χ4v) is 4.46. The van der Waals surface area contributed by atoms with E-state index in [0.717, 1.165) is 27.0 Å². The lowest BCUT2D eigenvalue weighted by molar-refractivity contribution is 0.415. The molecule has 1 atom stereocenters. The number of nitrogens with zero attached hydrogens (tertiary/aromatic N) is 1. The van der Waals surface area contributed by atoms with Crippen LogP contribution >= 0.6 is 35.3 Å². The first-order valence-corrected chi connectivity index (χ1v) is 10.9. The maximum absolute atomic E-state index is 6.42. The molecule has 3 aromatic rings. The van der Waals surface area contributed by atoms with Crippen LogP contribution < -0.4 is 10.1 Å². The highest BCUT2D eigenvalue weighted by Gasteiger charge is 2.30. The first kappa shape index (κ1) is 22.5. The summed E-state index contributed by atoms with van der Waals surface area (Å²) in [7, 11) is 1.63. The number of methoxy groups -OCH3 is 1. The SMILES string of the molecule is COc1ccc(-c2nc(NCC#CC(c3ccccc3)C3CC3)sc2C)c(Cl)c1.Cl. The summed E-state index contributed by atoms with van der Waals surface area (Å²) >= 11 is 8.04. The van der Waals surface area contributed by atoms with Crippen molar-refractivity contribution in [3.8, 4) is 28.8 Å². The summed E-state index contributed by atoms with van der Waals surface area (Å²) in [5.74, 6) is 8.57. The molecule has 0 amide bonds. The Morgan fingerprint density at radius 1 is 1.23 bits per heavy atom. The number of hydrogen-bond donors (Lipinski definition) is 1. The molecular formula is C24H24Cl2N2OS. The van der Waals surface area contributed by atoms with Crippen molar-refractivity contribution >= 4 is 40.5 Å². The van der Waals surface area contributed by atoms with Gasteiger partial charge in [0.05, 0.1) is 24.4 Å². The van der Waals surface area contributed by atoms with Gasteiger partial charge in [-0.05, 0) is 49.4 Å². The zero-order valence-corrected chi connectivity index (χ0v) is 19.3. The van der Waals surface area contributed by atoms with Gasteiger partial charge in [0.15, 0.2) is 5.13 Å². The van der Waals surface area contributed by atoms with Gasteiger partial charge >= 0.3 is 0 Å². The van der Waals surface area contributed by atoms with Gasteiger partial charge in [0.25, 0.3) is 0 Å². The van der Waals surface area contributed by atoms with E-state index in [1.807, 2.05) is 18.2 Å². The molecule has 1 aliphatic carbocycles. The number of ether oxygens (including phenoxy) is 1. The summed E-state index contributed by atoms with van der Waals surface area (Å²) in [5.41, 5.74) is 3.14. The minimum absolute atomic E-state index is 0. The first-order chi connectivity index (χ1) is 14.2. The molecule has 0 bridgehead atoms. The van der Waals surface area contributed by atoms with E-state index in [2.05, 4.69) is 54.4 Å². The molecule has 1 saturated carbocycles. The van der Waals surface area contributed by atoms with E-state index in [1.165, 1.54) is 18.4 Å². The highest BCUT2D eigenvalue weighted by atomic mass is 35.5. The quantitative estimate of drug-likeness (QED) is 0.411. The zero-order chi connectivity index (χ0) is 20.2. The Balaban J connectivity index is 0.00000256. The van der Waals surface area contributed by atoms with Gasteiger partial charge in [-0.25, -0.2) is 4.98 Å². The van der Waals surface area contributed by atoms with Crippen LogP contribution in [0.2, 0.25) is 5.02 Å². The number of benzene rings is 2. The number of aryl methyl sites for hydroxylation is 1. The van der Waals surface area contributed by atoms with Gasteiger partial charge in [-0.15, -0.1) is 23.7 Å². The number of rotatable bonds is 6. The number of aromatic nitrogens is 1. The summed E-state index contributed by atoms with van der Waals surface area (Å²) < 4.78 is 5.23. The zero-order valence-electron chi connectivity index (χ0n) is 16.9. The number of hydrogen-bond acceptors (Lipinski definition) is 4. The highest BCUT2D eigenvalue weighted by Crippen LogP contribution is 2.42. The predicted molar refractivity (Wildman–Crippen MR) is 129 cm³/mol. The lowest BCUT2D eigenvalue weighted by Gasteiger charge is -2.09. The number of thiazole rings is 1. The minimum atomic E-state index is 0. The Morgan fingerprint density at radius 2 is 2.00 bits per heavy atom. The van der Waals surface area contributed by atoms with Crippen LogP contribution in [0.4, 0.5) is 5.13 Å². The Bertz CT molecular complexity index is 1050. The molecule has 4 rings (SSSR count). The summed E-state index contributed by atoms with van der Waals surface area (Å²) in [4.78, 5) is 5.85. The normalized spacial score (nSPS) is 13.6. The Labute approximate surface area is 193 Å². The first-order valence-electron chi connectivity index (χ1n) is 9.74. The van der Waals surface area contributed by atoms with Crippen LogP contribution in [0.15, 0.2) is 48.5 Å². The molecule has 0 spiro atoms. The molecule has 1 heterocycles. The van der Waals surface area contributed by atoms with Crippen LogP contribution in [0.25, 0.3) is 11.3 Å². The van der Waals surface area contributed by atoms with E-state index in [1.54, 1.807) is 18.4 Å². The van der Waals surface area contributed by atoms with E-state index in [0.29, 0.717) is 23.4 Å². The van der Waals surface area contributed by atoms with Gasteiger partial charge < -0.3 is 10.1 Å². The van der Waals surface area contributed by atoms with Gasteiger partial charge in [0.1, 0.15) is 5.75 Å². The van der Waals surface area contributed by atoms with E-state index >= 15 is 0 Å². The molecule has 1 unspecified atom stereocenters. The smallest absolute Gasteiger partial charge is 0.184 e. The second kappa shape index (κ2) is 10.2. The van der Waals surface area contributed by atoms with Gasteiger partial charge in [0.2, 0.25) is 0 Å². The van der Waals surface area contributed by atoms with Crippen molar-refractivity contribution in [1.29, 1.82) is 0 Å². The third-order valence-electron chi connectivity index (χ3n) is 5.07. The molecule has 1 aromatic heterocycles. The lowest BCUT2D eigenvalue weighted by Crippen LogP contribution is -2.01. The molecule has 0 radical (unpaired) electrons. The molecule has 3 nitrogen and oxygen atoms in total. The van der Waals surface area contributed by atoms with Crippen LogP contribution in [0.1, 0.15) is 29.2 Å². The topological polar surface area (TPSA) is 34.1 Å². The van der Waals surface area contributed by atoms with Crippen molar-refractivity contribution < 1.29 is 4.74 Å². The predicted octanol–water partition coefficient (Wildman–Crippen LogP) is 6.81. The maximum Gasteiger partial charge on any atom is 0.184 e. The monoisotopic (exact) mass is 458 g/mol. The van der Waals surface area contributed by atoms with Gasteiger partial charge in [-0.3, -0.25) is 0 Å². The molecule has 1 fully saturated rings. The van der Waals surface area contributed by atoms with E-state index in [-0.39, 0.29) is 12.4 Å². The summed E-state index contributed by atoms with van der Waals surface area (Å²) in [6, 6.07) is 16.3. The summed E-state index contributed by atoms with van der Waals surface area (Å²) in [6.07, 6.45) is 2.55. The minimum Gasteiger partial charge on any atom is -0.497 e. The molecular weight excluding hydrogens is 435 g/mol. The molecule has 2 aromatic carbocycles. The number of nitrogens with one attached hydrogen (secondary N) is 1. The van der Waals surface area contributed by atoms with Crippen LogP contribution in [0.5, 0.6) is 5.75 Å². The third kappa shape index (κ3) is 5.29. The van der Waals surface area contributed by atoms with Gasteiger partial charge in [-0.2, -0.15) is 0 Å². The molecule has 1 N–H and O–H groups in total. The molecule has 30 heavy (non-hydrogen) atoms. The fraction of sp³-hybridized carbons (Fsp3) is 0.292. The summed E-state index contributed by atoms with van der Waals surface area (Å²) in [6.45, 7) is 2.64. The van der Waals surface area contributed by atoms with Crippen LogP contribution in [0.3, 0.4) is 0 Å². The van der Waals surface area contributed by atoms with E-state index < -0.39 is 0 Å². The van der Waals surface area contributed by atoms with Crippen molar-refractivity contribution in [2.45, 2.75) is 25.7 Å². The van der Waals surface area contributed by atoms with Crippen LogP contribution in [0, 0.1) is 24.7 Å². The van der Waals surface area contributed by atoms with Crippen molar-refractivity contribution in [3.05, 3.63) is 64.0 Å². The number of halogens is 2. The maximum atomic E-state index is 6.42. The van der Waals surface area contributed by atoms with Crippen LogP contribution in [-0.4, -0.2) is 18.6 Å². The Morgan fingerprint density at radius 3 is 2.67 bits per heavy atom. The average Bonchev–Trinajstić information content (AvgIpc) is 3.51. The largest absolute Gasteiger partial charge is 0.497 e. The van der Waals surface area contributed by atoms with E-state index in [4.69, 9.17) is 21.3 Å².